The molecule has 0 spiro atoms. The first kappa shape index (κ1) is 13.8. The molecule has 2 aromatic heterocycles. The van der Waals surface area contributed by atoms with Crippen LogP contribution >= 0.6 is 0 Å². The second kappa shape index (κ2) is 6.53. The Morgan fingerprint density at radius 3 is 2.68 bits per heavy atom. The summed E-state index contributed by atoms with van der Waals surface area (Å²) in [6.07, 6.45) is 4.98. The molecule has 2 N–H and O–H groups in total. The number of hydrogen-bond donors (Lipinski definition) is 2. The Labute approximate surface area is 127 Å². The maximum Gasteiger partial charge on any atom is 0.319 e. The van der Waals surface area contributed by atoms with Crippen LogP contribution in [0.2, 0.25) is 0 Å². The monoisotopic (exact) mass is 293 g/mol. The Balaban J connectivity index is 1.57. The van der Waals surface area contributed by atoms with Crippen molar-refractivity contribution in [3.8, 4) is 5.82 Å². The maximum atomic E-state index is 11.9. The van der Waals surface area contributed by atoms with Crippen molar-refractivity contribution >= 4 is 11.7 Å². The lowest BCUT2D eigenvalue weighted by molar-refractivity contribution is 0.251. The Kier molecular flexibility index (Phi) is 4.10. The normalized spacial score (nSPS) is 10.2. The molecule has 6 heteroatoms. The van der Waals surface area contributed by atoms with Crippen LogP contribution in [0.25, 0.3) is 5.82 Å². The van der Waals surface area contributed by atoms with Gasteiger partial charge < -0.3 is 10.6 Å². The van der Waals surface area contributed by atoms with E-state index in [1.807, 2.05) is 48.5 Å². The average Bonchev–Trinajstić information content (AvgIpc) is 3.03. The highest BCUT2D eigenvalue weighted by molar-refractivity contribution is 5.88. The minimum absolute atomic E-state index is 0.274. The third-order valence-electron chi connectivity index (χ3n) is 3.02. The molecule has 0 saturated heterocycles. The summed E-state index contributed by atoms with van der Waals surface area (Å²) in [5, 5.41) is 9.70. The van der Waals surface area contributed by atoms with E-state index >= 15 is 0 Å². The molecule has 0 bridgehead atoms. The lowest BCUT2D eigenvalue weighted by Gasteiger charge is -2.05. The van der Waals surface area contributed by atoms with Crippen molar-refractivity contribution in [3.05, 3.63) is 72.7 Å². The number of carbonyl (C=O) groups excluding carboxylic acids is 1. The molecule has 1 aromatic carbocycles. The van der Waals surface area contributed by atoms with Gasteiger partial charge in [-0.1, -0.05) is 36.4 Å². The van der Waals surface area contributed by atoms with Crippen molar-refractivity contribution < 1.29 is 4.79 Å². The van der Waals surface area contributed by atoms with Crippen molar-refractivity contribution in [3.63, 3.8) is 0 Å². The molecule has 0 aliphatic heterocycles. The Morgan fingerprint density at radius 2 is 1.91 bits per heavy atom. The van der Waals surface area contributed by atoms with Gasteiger partial charge in [-0.05, 0) is 17.7 Å². The van der Waals surface area contributed by atoms with E-state index in [0.29, 0.717) is 18.1 Å². The van der Waals surface area contributed by atoms with E-state index in [-0.39, 0.29) is 6.03 Å². The zero-order valence-corrected chi connectivity index (χ0v) is 11.8. The highest BCUT2D eigenvalue weighted by Gasteiger charge is 2.05. The number of carbonyl (C=O) groups is 1. The molecular weight excluding hydrogens is 278 g/mol. The van der Waals surface area contributed by atoms with Crippen LogP contribution in [0.1, 0.15) is 5.56 Å². The van der Waals surface area contributed by atoms with Crippen molar-refractivity contribution in [2.45, 2.75) is 6.54 Å². The van der Waals surface area contributed by atoms with E-state index in [1.165, 1.54) is 0 Å². The number of amides is 2. The van der Waals surface area contributed by atoms with Crippen LogP contribution < -0.4 is 10.6 Å². The minimum atomic E-state index is -0.274. The average molecular weight is 293 g/mol. The summed E-state index contributed by atoms with van der Waals surface area (Å²) < 4.78 is 1.60. The van der Waals surface area contributed by atoms with E-state index < -0.39 is 0 Å². The lowest BCUT2D eigenvalue weighted by Crippen LogP contribution is -2.27. The second-order valence-corrected chi connectivity index (χ2v) is 4.65. The number of hydrogen-bond acceptors (Lipinski definition) is 3. The summed E-state index contributed by atoms with van der Waals surface area (Å²) in [7, 11) is 0. The molecule has 3 aromatic rings. The molecule has 0 atom stereocenters. The molecule has 0 radical (unpaired) electrons. The van der Waals surface area contributed by atoms with Crippen LogP contribution in [0.4, 0.5) is 10.5 Å². The van der Waals surface area contributed by atoms with Crippen LogP contribution in [0.15, 0.2) is 67.1 Å². The highest BCUT2D eigenvalue weighted by atomic mass is 16.2. The SMILES string of the molecule is O=C(NCc1ccccc1)Nc1cnn(-c2ccccn2)c1. The van der Waals surface area contributed by atoms with Crippen molar-refractivity contribution in [1.82, 2.24) is 20.1 Å². The summed E-state index contributed by atoms with van der Waals surface area (Å²) in [4.78, 5) is 16.0. The molecule has 6 nitrogen and oxygen atoms in total. The quantitative estimate of drug-likeness (QED) is 0.776. The second-order valence-electron chi connectivity index (χ2n) is 4.65. The van der Waals surface area contributed by atoms with Gasteiger partial charge in [-0.15, -0.1) is 0 Å². The van der Waals surface area contributed by atoms with Gasteiger partial charge in [-0.2, -0.15) is 5.10 Å². The van der Waals surface area contributed by atoms with E-state index in [0.717, 1.165) is 5.56 Å². The summed E-state index contributed by atoms with van der Waals surface area (Å²) in [6.45, 7) is 0.473. The summed E-state index contributed by atoms with van der Waals surface area (Å²) in [5.74, 6) is 0.695. The number of anilines is 1. The fourth-order valence-electron chi connectivity index (χ4n) is 1.96. The van der Waals surface area contributed by atoms with E-state index in [2.05, 4.69) is 20.7 Å². The number of nitrogens with zero attached hydrogens (tertiary/aromatic N) is 3. The largest absolute Gasteiger partial charge is 0.334 e. The number of urea groups is 1. The van der Waals surface area contributed by atoms with Gasteiger partial charge in [-0.25, -0.2) is 14.5 Å². The lowest BCUT2D eigenvalue weighted by atomic mass is 10.2. The number of rotatable bonds is 4. The topological polar surface area (TPSA) is 71.8 Å². The van der Waals surface area contributed by atoms with E-state index in [9.17, 15) is 4.79 Å². The van der Waals surface area contributed by atoms with Gasteiger partial charge in [0.1, 0.15) is 0 Å². The minimum Gasteiger partial charge on any atom is -0.334 e. The van der Waals surface area contributed by atoms with Crippen molar-refractivity contribution in [1.29, 1.82) is 0 Å². The Morgan fingerprint density at radius 1 is 1.09 bits per heavy atom. The first-order valence-corrected chi connectivity index (χ1v) is 6.86. The molecule has 0 unspecified atom stereocenters. The van der Waals surface area contributed by atoms with E-state index in [1.54, 1.807) is 23.3 Å². The molecule has 0 aliphatic carbocycles. The molecule has 110 valence electrons. The number of nitrogens with one attached hydrogen (secondary N) is 2. The molecule has 0 aliphatic rings. The number of aromatic nitrogens is 3. The molecule has 3 rings (SSSR count). The fraction of sp³-hybridized carbons (Fsp3) is 0.0625. The van der Waals surface area contributed by atoms with Gasteiger partial charge in [0.2, 0.25) is 0 Å². The van der Waals surface area contributed by atoms with Gasteiger partial charge in [0.25, 0.3) is 0 Å². The fourth-order valence-corrected chi connectivity index (χ4v) is 1.96. The van der Waals surface area contributed by atoms with Crippen molar-refractivity contribution in [2.24, 2.45) is 0 Å². The van der Waals surface area contributed by atoms with Gasteiger partial charge in [0.05, 0.1) is 18.1 Å². The Hall–Kier alpha value is -3.15. The predicted molar refractivity (Wildman–Crippen MR) is 83.7 cm³/mol. The Bertz CT molecular complexity index is 739. The first-order chi connectivity index (χ1) is 10.8. The van der Waals surface area contributed by atoms with Crippen LogP contribution in [0, 0.1) is 0 Å². The van der Waals surface area contributed by atoms with Crippen molar-refractivity contribution in [2.75, 3.05) is 5.32 Å². The van der Waals surface area contributed by atoms with Gasteiger partial charge in [-0.3, -0.25) is 0 Å². The highest BCUT2D eigenvalue weighted by Crippen LogP contribution is 2.09. The maximum absolute atomic E-state index is 11.9. The van der Waals surface area contributed by atoms with E-state index in [4.69, 9.17) is 0 Å². The predicted octanol–water partition coefficient (Wildman–Crippen LogP) is 2.59. The summed E-state index contributed by atoms with van der Waals surface area (Å²) in [6, 6.07) is 15.0. The molecule has 0 saturated carbocycles. The van der Waals surface area contributed by atoms with Crippen LogP contribution in [-0.4, -0.2) is 20.8 Å². The number of benzene rings is 1. The van der Waals surface area contributed by atoms with Gasteiger partial charge in [0, 0.05) is 12.7 Å². The molecular formula is C16H15N5O. The summed E-state index contributed by atoms with van der Waals surface area (Å²) >= 11 is 0. The van der Waals surface area contributed by atoms with Gasteiger partial charge in [0.15, 0.2) is 5.82 Å². The van der Waals surface area contributed by atoms with Crippen LogP contribution in [0.3, 0.4) is 0 Å². The van der Waals surface area contributed by atoms with Crippen LogP contribution in [-0.2, 0) is 6.54 Å². The first-order valence-electron chi connectivity index (χ1n) is 6.86. The molecule has 22 heavy (non-hydrogen) atoms. The number of pyridine rings is 1. The van der Waals surface area contributed by atoms with Crippen LogP contribution in [0.5, 0.6) is 0 Å². The molecule has 2 amide bonds. The molecule has 0 fully saturated rings. The third kappa shape index (κ3) is 3.49. The van der Waals surface area contributed by atoms with Gasteiger partial charge >= 0.3 is 6.03 Å². The standard InChI is InChI=1S/C16H15N5O/c22-16(18-10-13-6-2-1-3-7-13)20-14-11-19-21(12-14)15-8-4-5-9-17-15/h1-9,11-12H,10H2,(H2,18,20,22). The zero-order chi connectivity index (χ0) is 15.2. The smallest absolute Gasteiger partial charge is 0.319 e. The summed E-state index contributed by atoms with van der Waals surface area (Å²) in [5.41, 5.74) is 1.65. The zero-order valence-electron chi connectivity index (χ0n) is 11.8. The molecule has 2 heterocycles. The third-order valence-corrected chi connectivity index (χ3v) is 3.02.